The third-order valence-corrected chi connectivity index (χ3v) is 8.13. The fraction of sp³-hybridized carbons (Fsp3) is 0.655. The fourth-order valence-electron chi connectivity index (χ4n) is 5.53. The highest BCUT2D eigenvalue weighted by atomic mass is 16.6. The Bertz CT molecular complexity index is 1800. The predicted octanol–water partition coefficient (Wildman–Crippen LogP) is -0.631. The Morgan fingerprint density at radius 2 is 1.46 bits per heavy atom. The number of nitrogens with two attached hydrogens (primary N) is 2. The summed E-state index contributed by atoms with van der Waals surface area (Å²) >= 11 is 0. The molecule has 264 valence electrons. The van der Waals surface area contributed by atoms with Gasteiger partial charge in [-0.2, -0.15) is 4.98 Å². The number of hydrogen-bond acceptors (Lipinski definition) is 16. The lowest BCUT2D eigenvalue weighted by molar-refractivity contribution is -0.106. The summed E-state index contributed by atoms with van der Waals surface area (Å²) in [7, 11) is 0. The highest BCUT2D eigenvalue weighted by Crippen LogP contribution is 2.41. The topological polar surface area (TPSA) is 277 Å². The van der Waals surface area contributed by atoms with Crippen LogP contribution in [0, 0.1) is 0 Å². The van der Waals surface area contributed by atoms with Crippen molar-refractivity contribution in [2.45, 2.75) is 108 Å². The van der Waals surface area contributed by atoms with E-state index >= 15 is 0 Å². The second-order valence-corrected chi connectivity index (χ2v) is 13.6. The second kappa shape index (κ2) is 12.9. The number of anilines is 2. The summed E-state index contributed by atoms with van der Waals surface area (Å²) in [6.07, 6.45) is -1.48. The lowest BCUT2D eigenvalue weighted by Crippen LogP contribution is -2.45. The third-order valence-electron chi connectivity index (χ3n) is 8.13. The van der Waals surface area contributed by atoms with Gasteiger partial charge in [-0.25, -0.2) is 19.9 Å². The molecule has 8 atom stereocenters. The number of aromatic nitrogens is 8. The Morgan fingerprint density at radius 3 is 2.02 bits per heavy atom. The molecule has 0 spiro atoms. The van der Waals surface area contributed by atoms with Gasteiger partial charge in [-0.3, -0.25) is 18.9 Å². The van der Waals surface area contributed by atoms with Crippen molar-refractivity contribution in [3.05, 3.63) is 29.3 Å². The van der Waals surface area contributed by atoms with Crippen molar-refractivity contribution in [3.8, 4) is 0 Å². The number of aliphatic hydroxyl groups is 4. The maximum absolute atomic E-state index is 11.9. The lowest BCUT2D eigenvalue weighted by atomic mass is 9.96. The minimum Gasteiger partial charge on any atom is -0.387 e. The molecule has 6 rings (SSSR count). The number of imidazole rings is 2. The summed E-state index contributed by atoms with van der Waals surface area (Å²) < 4.78 is 25.7. The van der Waals surface area contributed by atoms with Crippen LogP contribution in [0.1, 0.15) is 60.9 Å². The number of aliphatic hydroxyl groups excluding tert-OH is 2. The molecule has 4 aromatic rings. The van der Waals surface area contributed by atoms with Crippen LogP contribution in [-0.4, -0.2) is 120 Å². The maximum Gasteiger partial charge on any atom is 0.280 e. The normalized spacial score (nSPS) is 30.8. The molecule has 0 bridgehead atoms. The molecule has 2 fully saturated rings. The Morgan fingerprint density at radius 1 is 0.917 bits per heavy atom. The van der Waals surface area contributed by atoms with E-state index in [9.17, 15) is 25.2 Å². The van der Waals surface area contributed by atoms with Crippen LogP contribution in [0.4, 0.5) is 11.8 Å². The molecule has 48 heavy (non-hydrogen) atoms. The quantitative estimate of drug-likeness (QED) is 0.128. The van der Waals surface area contributed by atoms with Crippen LogP contribution < -0.4 is 17.0 Å². The van der Waals surface area contributed by atoms with E-state index in [0.717, 1.165) is 0 Å². The van der Waals surface area contributed by atoms with E-state index in [0.29, 0.717) is 11.2 Å². The van der Waals surface area contributed by atoms with Crippen molar-refractivity contribution in [1.29, 1.82) is 0 Å². The van der Waals surface area contributed by atoms with Crippen molar-refractivity contribution in [3.63, 3.8) is 0 Å². The van der Waals surface area contributed by atoms with Crippen LogP contribution in [0.15, 0.2) is 23.8 Å². The molecule has 9 N–H and O–H groups in total. The van der Waals surface area contributed by atoms with E-state index in [-0.39, 0.29) is 42.2 Å². The number of ether oxygens (including phenoxy) is 4. The van der Waals surface area contributed by atoms with Gasteiger partial charge in [0.2, 0.25) is 5.95 Å². The summed E-state index contributed by atoms with van der Waals surface area (Å²) in [5.74, 6) is 0.164. The number of nitrogens with zero attached hydrogens (tertiary/aromatic N) is 7. The zero-order valence-corrected chi connectivity index (χ0v) is 27.8. The van der Waals surface area contributed by atoms with Gasteiger partial charge in [0.05, 0.1) is 37.6 Å². The van der Waals surface area contributed by atoms with Crippen LogP contribution >= 0.6 is 0 Å². The van der Waals surface area contributed by atoms with Gasteiger partial charge >= 0.3 is 0 Å². The van der Waals surface area contributed by atoms with Gasteiger partial charge < -0.3 is 50.8 Å². The van der Waals surface area contributed by atoms with E-state index < -0.39 is 59.2 Å². The van der Waals surface area contributed by atoms with E-state index in [1.165, 1.54) is 37.4 Å². The SMILES string of the molecule is CC(C)(C)OC[C@H]1O[C@@H](n2cnc3c(=O)[nH]c(N)nc32)[C@](C)(O)[C@@H]1O.CC(C)OC[C@H]1O[C@@H](n2cnc3c(N)ncnc32)[C@](C)(O)[C@@H]1O. The summed E-state index contributed by atoms with van der Waals surface area (Å²) in [6.45, 7) is 12.6. The molecule has 0 unspecified atom stereocenters. The smallest absolute Gasteiger partial charge is 0.280 e. The van der Waals surface area contributed by atoms with E-state index in [1.54, 1.807) is 4.57 Å². The first-order chi connectivity index (χ1) is 22.3. The molecule has 4 aromatic heterocycles. The molecule has 6 heterocycles. The van der Waals surface area contributed by atoms with Crippen LogP contribution in [0.5, 0.6) is 0 Å². The standard InChI is InChI=1S/C15H23N5O5.C14H21N5O4/c1-14(2,3)24-5-7-9(21)15(4,23)12(25-7)20-6-17-8-10(20)18-13(16)19-11(8)22;1-7(2)22-4-8-10(20)14(3,21)13(23-8)19-6-18-9-11(15)16-5-17-12(9)19/h6-7,9,12,21,23H,5H2,1-4H3,(H3,16,18,19,22);5-8,10,13,20-21H,4H2,1-3H3,(H2,15,16,17)/t7-,9-,12-,15-;8-,10-,13-,14-/m11/s1. The number of nitrogen functional groups attached to an aromatic ring is 2. The highest BCUT2D eigenvalue weighted by Gasteiger charge is 2.54. The van der Waals surface area contributed by atoms with Crippen molar-refractivity contribution in [2.24, 2.45) is 0 Å². The fourth-order valence-corrected chi connectivity index (χ4v) is 5.53. The average molecular weight is 677 g/mol. The largest absolute Gasteiger partial charge is 0.387 e. The first kappa shape index (κ1) is 35.5. The van der Waals surface area contributed by atoms with Gasteiger partial charge in [-0.05, 0) is 48.5 Å². The Balaban J connectivity index is 0.000000188. The van der Waals surface area contributed by atoms with Gasteiger partial charge in [0, 0.05) is 0 Å². The van der Waals surface area contributed by atoms with Crippen molar-refractivity contribution >= 4 is 34.1 Å². The van der Waals surface area contributed by atoms with Crippen LogP contribution in [-0.2, 0) is 18.9 Å². The van der Waals surface area contributed by atoms with Crippen molar-refractivity contribution in [2.75, 3.05) is 24.7 Å². The average Bonchev–Trinajstić information content (AvgIpc) is 3.71. The molecule has 19 nitrogen and oxygen atoms in total. The molecule has 0 aliphatic carbocycles. The summed E-state index contributed by atoms with van der Waals surface area (Å²) in [6, 6.07) is 0. The molecular weight excluding hydrogens is 632 g/mol. The van der Waals surface area contributed by atoms with Gasteiger partial charge in [-0.1, -0.05) is 0 Å². The van der Waals surface area contributed by atoms with Crippen molar-refractivity contribution in [1.82, 2.24) is 39.0 Å². The minimum atomic E-state index is -1.64. The number of H-pyrrole nitrogens is 1. The van der Waals surface area contributed by atoms with Gasteiger partial charge in [0.25, 0.3) is 5.56 Å². The first-order valence-electron chi connectivity index (χ1n) is 15.4. The molecule has 0 aromatic carbocycles. The molecule has 0 amide bonds. The zero-order valence-electron chi connectivity index (χ0n) is 27.8. The molecular formula is C29H44N10O9. The monoisotopic (exact) mass is 676 g/mol. The Kier molecular flexibility index (Phi) is 9.53. The molecule has 2 aliphatic rings. The van der Waals surface area contributed by atoms with Crippen molar-refractivity contribution < 1.29 is 39.4 Å². The Labute approximate surface area is 274 Å². The molecule has 0 radical (unpaired) electrons. The lowest BCUT2D eigenvalue weighted by Gasteiger charge is -2.27. The van der Waals surface area contributed by atoms with Gasteiger partial charge in [-0.15, -0.1) is 0 Å². The van der Waals surface area contributed by atoms with Crippen LogP contribution in [0.3, 0.4) is 0 Å². The molecule has 2 saturated heterocycles. The van der Waals surface area contributed by atoms with Crippen LogP contribution in [0.25, 0.3) is 22.3 Å². The molecule has 19 heteroatoms. The maximum atomic E-state index is 11.9. The van der Waals surface area contributed by atoms with E-state index in [1.807, 2.05) is 34.6 Å². The first-order valence-corrected chi connectivity index (χ1v) is 15.4. The van der Waals surface area contributed by atoms with Crippen LogP contribution in [0.2, 0.25) is 0 Å². The summed E-state index contributed by atoms with van der Waals surface area (Å²) in [4.78, 5) is 34.5. The van der Waals surface area contributed by atoms with E-state index in [2.05, 4.69) is 29.9 Å². The van der Waals surface area contributed by atoms with Gasteiger partial charge in [0.15, 0.2) is 35.1 Å². The number of fused-ring (bicyclic) bond motifs is 2. The number of hydrogen-bond donors (Lipinski definition) is 7. The third kappa shape index (κ3) is 6.72. The molecule has 0 saturated carbocycles. The molecule has 2 aliphatic heterocycles. The zero-order chi connectivity index (χ0) is 35.3. The summed E-state index contributed by atoms with van der Waals surface area (Å²) in [5, 5.41) is 42.3. The second-order valence-electron chi connectivity index (χ2n) is 13.6. The number of nitrogens with one attached hydrogen (secondary N) is 1. The van der Waals surface area contributed by atoms with Gasteiger partial charge in [0.1, 0.15) is 47.5 Å². The number of rotatable bonds is 7. The highest BCUT2D eigenvalue weighted by molar-refractivity contribution is 5.81. The Hall–Kier alpha value is -3.82. The minimum absolute atomic E-state index is 0.00332. The number of aromatic amines is 1. The van der Waals surface area contributed by atoms with E-state index in [4.69, 9.17) is 30.4 Å². The summed E-state index contributed by atoms with van der Waals surface area (Å²) in [5.41, 5.74) is 8.36. The predicted molar refractivity (Wildman–Crippen MR) is 170 cm³/mol.